The SMILES string of the molecule is CC(C)Oc1cc(OC(C)C)c(C(=O)O)cc1Cl. The van der Waals surface area contributed by atoms with Gasteiger partial charge in [0.25, 0.3) is 0 Å². The van der Waals surface area contributed by atoms with E-state index in [1.54, 1.807) is 0 Å². The number of halogens is 1. The van der Waals surface area contributed by atoms with Crippen molar-refractivity contribution < 1.29 is 19.4 Å². The minimum absolute atomic E-state index is 0.0322. The van der Waals surface area contributed by atoms with Crippen LogP contribution in [0.2, 0.25) is 5.02 Å². The van der Waals surface area contributed by atoms with Gasteiger partial charge in [0.15, 0.2) is 0 Å². The van der Waals surface area contributed by atoms with Gasteiger partial charge in [0, 0.05) is 6.07 Å². The Hall–Kier alpha value is -1.42. The first-order chi connectivity index (χ1) is 8.31. The highest BCUT2D eigenvalue weighted by Crippen LogP contribution is 2.34. The van der Waals surface area contributed by atoms with E-state index in [1.807, 2.05) is 27.7 Å². The Morgan fingerprint density at radius 1 is 1.11 bits per heavy atom. The van der Waals surface area contributed by atoms with Gasteiger partial charge >= 0.3 is 5.97 Å². The largest absolute Gasteiger partial charge is 0.490 e. The van der Waals surface area contributed by atoms with Crippen molar-refractivity contribution in [1.82, 2.24) is 0 Å². The molecule has 0 fully saturated rings. The van der Waals surface area contributed by atoms with Crippen LogP contribution in [0.5, 0.6) is 11.5 Å². The summed E-state index contributed by atoms with van der Waals surface area (Å²) in [6.07, 6.45) is -0.179. The molecule has 0 aliphatic heterocycles. The smallest absolute Gasteiger partial charge is 0.339 e. The van der Waals surface area contributed by atoms with Crippen molar-refractivity contribution in [3.8, 4) is 11.5 Å². The van der Waals surface area contributed by atoms with Crippen LogP contribution in [0.4, 0.5) is 0 Å². The van der Waals surface area contributed by atoms with E-state index >= 15 is 0 Å². The maximum absolute atomic E-state index is 11.1. The molecule has 0 aromatic heterocycles. The lowest BCUT2D eigenvalue weighted by Gasteiger charge is -2.16. The molecular weight excluding hydrogens is 256 g/mol. The summed E-state index contributed by atoms with van der Waals surface area (Å²) in [6.45, 7) is 7.38. The molecule has 5 heteroatoms. The van der Waals surface area contributed by atoms with Crippen molar-refractivity contribution in [2.24, 2.45) is 0 Å². The van der Waals surface area contributed by atoms with Crippen molar-refractivity contribution in [2.75, 3.05) is 0 Å². The van der Waals surface area contributed by atoms with Gasteiger partial charge in [0.05, 0.1) is 17.2 Å². The van der Waals surface area contributed by atoms with E-state index in [0.29, 0.717) is 5.75 Å². The van der Waals surface area contributed by atoms with E-state index in [1.165, 1.54) is 12.1 Å². The maximum atomic E-state index is 11.1. The Balaban J connectivity index is 3.21. The number of carboxylic acid groups (broad SMARTS) is 1. The summed E-state index contributed by atoms with van der Waals surface area (Å²) >= 11 is 5.98. The second-order valence-electron chi connectivity index (χ2n) is 4.42. The zero-order valence-electron chi connectivity index (χ0n) is 10.9. The van der Waals surface area contributed by atoms with Crippen LogP contribution in [-0.4, -0.2) is 23.3 Å². The van der Waals surface area contributed by atoms with Gasteiger partial charge in [-0.25, -0.2) is 4.79 Å². The van der Waals surface area contributed by atoms with Crippen molar-refractivity contribution >= 4 is 17.6 Å². The number of carbonyl (C=O) groups is 1. The number of carboxylic acids is 1. The third-order valence-electron chi connectivity index (χ3n) is 1.99. The van der Waals surface area contributed by atoms with Crippen molar-refractivity contribution in [2.45, 2.75) is 39.9 Å². The fraction of sp³-hybridized carbons (Fsp3) is 0.462. The highest BCUT2D eigenvalue weighted by Gasteiger charge is 2.17. The molecule has 0 aliphatic rings. The molecule has 1 aromatic rings. The summed E-state index contributed by atoms with van der Waals surface area (Å²) in [7, 11) is 0. The fourth-order valence-electron chi connectivity index (χ4n) is 1.40. The summed E-state index contributed by atoms with van der Waals surface area (Å²) in [4.78, 5) is 11.1. The Labute approximate surface area is 111 Å². The highest BCUT2D eigenvalue weighted by atomic mass is 35.5. The number of hydrogen-bond donors (Lipinski definition) is 1. The van der Waals surface area contributed by atoms with Crippen LogP contribution in [0.3, 0.4) is 0 Å². The molecule has 1 rings (SSSR count). The quantitative estimate of drug-likeness (QED) is 0.889. The minimum Gasteiger partial charge on any atom is -0.490 e. The van der Waals surface area contributed by atoms with E-state index in [0.717, 1.165) is 0 Å². The van der Waals surface area contributed by atoms with Crippen LogP contribution < -0.4 is 9.47 Å². The fourth-order valence-corrected chi connectivity index (χ4v) is 1.61. The number of benzene rings is 1. The number of rotatable bonds is 5. The molecule has 100 valence electrons. The first kappa shape index (κ1) is 14.6. The number of ether oxygens (including phenoxy) is 2. The molecule has 0 saturated carbocycles. The van der Waals surface area contributed by atoms with Gasteiger partial charge in [-0.05, 0) is 33.8 Å². The normalized spacial score (nSPS) is 10.8. The minimum atomic E-state index is -1.08. The van der Waals surface area contributed by atoms with Gasteiger partial charge < -0.3 is 14.6 Å². The maximum Gasteiger partial charge on any atom is 0.339 e. The molecule has 0 unspecified atom stereocenters. The highest BCUT2D eigenvalue weighted by molar-refractivity contribution is 6.32. The van der Waals surface area contributed by atoms with Gasteiger partial charge in [0.1, 0.15) is 17.1 Å². The number of hydrogen-bond acceptors (Lipinski definition) is 3. The Morgan fingerprint density at radius 3 is 2.06 bits per heavy atom. The summed E-state index contributed by atoms with van der Waals surface area (Å²) in [5.74, 6) is -0.395. The number of aromatic carboxylic acids is 1. The molecule has 0 heterocycles. The Bertz CT molecular complexity index is 441. The second kappa shape index (κ2) is 5.96. The van der Waals surface area contributed by atoms with Crippen LogP contribution in [0.25, 0.3) is 0 Å². The van der Waals surface area contributed by atoms with E-state index in [4.69, 9.17) is 26.2 Å². The predicted octanol–water partition coefficient (Wildman–Crippen LogP) is 3.61. The van der Waals surface area contributed by atoms with Gasteiger partial charge in [-0.15, -0.1) is 0 Å². The molecular formula is C13H17ClO4. The lowest BCUT2D eigenvalue weighted by Crippen LogP contribution is -2.11. The molecule has 1 aromatic carbocycles. The lowest BCUT2D eigenvalue weighted by molar-refractivity contribution is 0.0690. The first-order valence-electron chi connectivity index (χ1n) is 5.71. The van der Waals surface area contributed by atoms with Crippen LogP contribution in [-0.2, 0) is 0 Å². The van der Waals surface area contributed by atoms with Crippen LogP contribution in [0.15, 0.2) is 12.1 Å². The third kappa shape index (κ3) is 3.81. The molecule has 1 N–H and O–H groups in total. The molecule has 0 radical (unpaired) electrons. The van der Waals surface area contributed by atoms with Gasteiger partial charge in [-0.3, -0.25) is 0 Å². The van der Waals surface area contributed by atoms with Gasteiger partial charge in [-0.1, -0.05) is 11.6 Å². The molecule has 0 atom stereocenters. The van der Waals surface area contributed by atoms with Crippen LogP contribution in [0, 0.1) is 0 Å². The van der Waals surface area contributed by atoms with E-state index in [2.05, 4.69) is 0 Å². The monoisotopic (exact) mass is 272 g/mol. The van der Waals surface area contributed by atoms with E-state index < -0.39 is 5.97 Å². The van der Waals surface area contributed by atoms with Crippen molar-refractivity contribution in [3.63, 3.8) is 0 Å². The van der Waals surface area contributed by atoms with Crippen molar-refractivity contribution in [1.29, 1.82) is 0 Å². The molecule has 0 amide bonds. The molecule has 0 bridgehead atoms. The Kier molecular flexibility index (Phi) is 4.84. The second-order valence-corrected chi connectivity index (χ2v) is 4.82. The average molecular weight is 273 g/mol. The average Bonchev–Trinajstić information content (AvgIpc) is 2.20. The molecule has 0 aliphatic carbocycles. The summed E-state index contributed by atoms with van der Waals surface area (Å²) in [5, 5.41) is 9.36. The summed E-state index contributed by atoms with van der Waals surface area (Å²) in [5.41, 5.74) is 0.0322. The van der Waals surface area contributed by atoms with Gasteiger partial charge in [0.2, 0.25) is 0 Å². The Morgan fingerprint density at radius 2 is 1.61 bits per heavy atom. The van der Waals surface area contributed by atoms with Crippen LogP contribution >= 0.6 is 11.6 Å². The third-order valence-corrected chi connectivity index (χ3v) is 2.29. The first-order valence-corrected chi connectivity index (χ1v) is 6.09. The molecule has 0 spiro atoms. The zero-order chi connectivity index (χ0) is 13.9. The molecule has 4 nitrogen and oxygen atoms in total. The van der Waals surface area contributed by atoms with Crippen molar-refractivity contribution in [3.05, 3.63) is 22.7 Å². The van der Waals surface area contributed by atoms with Crippen LogP contribution in [0.1, 0.15) is 38.1 Å². The lowest BCUT2D eigenvalue weighted by atomic mass is 10.2. The topological polar surface area (TPSA) is 55.8 Å². The van der Waals surface area contributed by atoms with Gasteiger partial charge in [-0.2, -0.15) is 0 Å². The van der Waals surface area contributed by atoms with E-state index in [-0.39, 0.29) is 28.5 Å². The standard InChI is InChI=1S/C13H17ClO4/c1-7(2)17-11-6-12(18-8(3)4)10(14)5-9(11)13(15)16/h5-8H,1-4H3,(H,15,16). The van der Waals surface area contributed by atoms with E-state index in [9.17, 15) is 4.79 Å². The predicted molar refractivity (Wildman–Crippen MR) is 69.9 cm³/mol. The zero-order valence-corrected chi connectivity index (χ0v) is 11.6. The molecule has 18 heavy (non-hydrogen) atoms. The summed E-state index contributed by atoms with van der Waals surface area (Å²) in [6, 6.07) is 2.87. The molecule has 0 saturated heterocycles. The summed E-state index contributed by atoms with van der Waals surface area (Å²) < 4.78 is 11.0.